The Morgan fingerprint density at radius 1 is 1.35 bits per heavy atom. The number of carbonyl (C=O) groups is 1. The van der Waals surface area contributed by atoms with Gasteiger partial charge in [0.05, 0.1) is 5.69 Å². The van der Waals surface area contributed by atoms with E-state index in [2.05, 4.69) is 15.5 Å². The van der Waals surface area contributed by atoms with Gasteiger partial charge < -0.3 is 10.1 Å². The van der Waals surface area contributed by atoms with Gasteiger partial charge in [-0.05, 0) is 30.0 Å². The minimum Gasteiger partial charge on any atom is -0.368 e. The highest BCUT2D eigenvalue weighted by Gasteiger charge is 2.22. The van der Waals surface area contributed by atoms with Gasteiger partial charge >= 0.3 is 0 Å². The summed E-state index contributed by atoms with van der Waals surface area (Å²) in [6.45, 7) is 1.22. The van der Waals surface area contributed by atoms with E-state index in [4.69, 9.17) is 4.74 Å². The molecule has 0 bridgehead atoms. The smallest absolute Gasteiger partial charge is 0.249 e. The highest BCUT2D eigenvalue weighted by Crippen LogP contribution is 2.17. The molecule has 2 heterocycles. The molecule has 0 aliphatic carbocycles. The lowest BCUT2D eigenvalue weighted by Gasteiger charge is -2.10. The van der Waals surface area contributed by atoms with Crippen molar-refractivity contribution in [3.63, 3.8) is 0 Å². The zero-order chi connectivity index (χ0) is 13.8. The molecule has 0 saturated carbocycles. The van der Waals surface area contributed by atoms with Crippen molar-refractivity contribution in [1.82, 2.24) is 15.5 Å². The van der Waals surface area contributed by atoms with Gasteiger partial charge in [-0.1, -0.05) is 24.3 Å². The van der Waals surface area contributed by atoms with Gasteiger partial charge in [-0.3, -0.25) is 9.89 Å². The molecule has 1 amide bonds. The molecular formula is C15H17N3O2. The third kappa shape index (κ3) is 2.88. The molecule has 5 nitrogen and oxygen atoms in total. The number of benzene rings is 1. The van der Waals surface area contributed by atoms with Crippen LogP contribution in [0.2, 0.25) is 0 Å². The summed E-state index contributed by atoms with van der Waals surface area (Å²) in [6, 6.07) is 9.97. The predicted octanol–water partition coefficient (Wildman–Crippen LogP) is 1.87. The van der Waals surface area contributed by atoms with Crippen LogP contribution in [-0.2, 0) is 16.1 Å². The Labute approximate surface area is 117 Å². The van der Waals surface area contributed by atoms with Crippen LogP contribution in [-0.4, -0.2) is 28.8 Å². The van der Waals surface area contributed by atoms with Crippen LogP contribution in [0.5, 0.6) is 0 Å². The van der Waals surface area contributed by atoms with E-state index in [1.807, 2.05) is 30.3 Å². The van der Waals surface area contributed by atoms with Gasteiger partial charge in [0, 0.05) is 19.3 Å². The first kappa shape index (κ1) is 12.9. The SMILES string of the molecule is O=C(NCc1ccc(-c2ccn[nH]2)cc1)[C@H]1CCCO1. The molecule has 1 aromatic carbocycles. The van der Waals surface area contributed by atoms with Crippen LogP contribution in [0, 0.1) is 0 Å². The van der Waals surface area contributed by atoms with Crippen molar-refractivity contribution in [2.24, 2.45) is 0 Å². The lowest BCUT2D eigenvalue weighted by Crippen LogP contribution is -2.33. The maximum Gasteiger partial charge on any atom is 0.249 e. The highest BCUT2D eigenvalue weighted by atomic mass is 16.5. The third-order valence-corrected chi connectivity index (χ3v) is 3.45. The molecule has 2 N–H and O–H groups in total. The highest BCUT2D eigenvalue weighted by molar-refractivity contribution is 5.80. The lowest BCUT2D eigenvalue weighted by molar-refractivity contribution is -0.130. The molecule has 3 rings (SSSR count). The fraction of sp³-hybridized carbons (Fsp3) is 0.333. The topological polar surface area (TPSA) is 67.0 Å². The fourth-order valence-corrected chi connectivity index (χ4v) is 2.31. The second-order valence-corrected chi connectivity index (χ2v) is 4.89. The quantitative estimate of drug-likeness (QED) is 0.892. The second-order valence-electron chi connectivity index (χ2n) is 4.89. The zero-order valence-electron chi connectivity index (χ0n) is 11.1. The van der Waals surface area contributed by atoms with Crippen molar-refractivity contribution in [2.75, 3.05) is 6.61 Å². The predicted molar refractivity (Wildman–Crippen MR) is 74.8 cm³/mol. The first-order valence-corrected chi connectivity index (χ1v) is 6.81. The van der Waals surface area contributed by atoms with E-state index in [0.29, 0.717) is 13.2 Å². The van der Waals surface area contributed by atoms with E-state index in [9.17, 15) is 4.79 Å². The van der Waals surface area contributed by atoms with E-state index in [1.165, 1.54) is 0 Å². The number of hydrogen-bond donors (Lipinski definition) is 2. The molecule has 1 atom stereocenters. The molecule has 1 aliphatic heterocycles. The molecule has 5 heteroatoms. The summed E-state index contributed by atoms with van der Waals surface area (Å²) in [4.78, 5) is 11.8. The molecule has 0 unspecified atom stereocenters. The molecular weight excluding hydrogens is 254 g/mol. The van der Waals surface area contributed by atoms with Gasteiger partial charge in [-0.2, -0.15) is 5.10 Å². The molecule has 20 heavy (non-hydrogen) atoms. The van der Waals surface area contributed by atoms with Crippen molar-refractivity contribution >= 4 is 5.91 Å². The monoisotopic (exact) mass is 271 g/mol. The van der Waals surface area contributed by atoms with Crippen molar-refractivity contribution in [3.8, 4) is 11.3 Å². The Morgan fingerprint density at radius 3 is 2.85 bits per heavy atom. The summed E-state index contributed by atoms with van der Waals surface area (Å²) in [5.41, 5.74) is 3.14. The first-order valence-electron chi connectivity index (χ1n) is 6.81. The van der Waals surface area contributed by atoms with Gasteiger partial charge in [0.25, 0.3) is 0 Å². The zero-order valence-corrected chi connectivity index (χ0v) is 11.1. The Kier molecular flexibility index (Phi) is 3.78. The number of hydrogen-bond acceptors (Lipinski definition) is 3. The number of nitrogens with zero attached hydrogens (tertiary/aromatic N) is 1. The summed E-state index contributed by atoms with van der Waals surface area (Å²) in [7, 11) is 0. The Morgan fingerprint density at radius 2 is 2.20 bits per heavy atom. The van der Waals surface area contributed by atoms with Gasteiger partial charge in [0.15, 0.2) is 0 Å². The lowest BCUT2D eigenvalue weighted by atomic mass is 10.1. The number of ether oxygens (including phenoxy) is 1. The molecule has 1 fully saturated rings. The number of rotatable bonds is 4. The van der Waals surface area contributed by atoms with Crippen LogP contribution in [0.4, 0.5) is 0 Å². The van der Waals surface area contributed by atoms with Crippen molar-refractivity contribution < 1.29 is 9.53 Å². The Bertz CT molecular complexity index is 557. The number of aromatic nitrogens is 2. The third-order valence-electron chi connectivity index (χ3n) is 3.45. The van der Waals surface area contributed by atoms with E-state index < -0.39 is 0 Å². The second kappa shape index (κ2) is 5.88. The average molecular weight is 271 g/mol. The van der Waals surface area contributed by atoms with Gasteiger partial charge in [0.2, 0.25) is 5.91 Å². The van der Waals surface area contributed by atoms with Crippen LogP contribution in [0.1, 0.15) is 18.4 Å². The minimum atomic E-state index is -0.265. The maximum absolute atomic E-state index is 11.8. The molecule has 1 aromatic heterocycles. The molecule has 104 valence electrons. The molecule has 1 aliphatic rings. The minimum absolute atomic E-state index is 0.0138. The number of carbonyl (C=O) groups excluding carboxylic acids is 1. The van der Waals surface area contributed by atoms with Crippen LogP contribution >= 0.6 is 0 Å². The van der Waals surface area contributed by atoms with Crippen molar-refractivity contribution in [2.45, 2.75) is 25.5 Å². The molecule has 0 radical (unpaired) electrons. The molecule has 2 aromatic rings. The van der Waals surface area contributed by atoms with Gasteiger partial charge in [0.1, 0.15) is 6.10 Å². The summed E-state index contributed by atoms with van der Waals surface area (Å²) < 4.78 is 5.35. The number of nitrogens with one attached hydrogen (secondary N) is 2. The van der Waals surface area contributed by atoms with E-state index in [-0.39, 0.29) is 12.0 Å². The summed E-state index contributed by atoms with van der Waals surface area (Å²) in [6.07, 6.45) is 3.26. The summed E-state index contributed by atoms with van der Waals surface area (Å²) in [5.74, 6) is -0.0138. The van der Waals surface area contributed by atoms with E-state index in [1.54, 1.807) is 6.20 Å². The fourth-order valence-electron chi connectivity index (χ4n) is 2.31. The van der Waals surface area contributed by atoms with Gasteiger partial charge in [-0.25, -0.2) is 0 Å². The summed E-state index contributed by atoms with van der Waals surface area (Å²) >= 11 is 0. The van der Waals surface area contributed by atoms with Crippen LogP contribution in [0.15, 0.2) is 36.5 Å². The number of aromatic amines is 1. The number of amides is 1. The maximum atomic E-state index is 11.8. The summed E-state index contributed by atoms with van der Waals surface area (Å²) in [5, 5.41) is 9.76. The van der Waals surface area contributed by atoms with E-state index >= 15 is 0 Å². The Balaban J connectivity index is 1.57. The van der Waals surface area contributed by atoms with Crippen LogP contribution in [0.25, 0.3) is 11.3 Å². The Hall–Kier alpha value is -2.14. The average Bonchev–Trinajstić information content (AvgIpc) is 3.18. The molecule has 1 saturated heterocycles. The normalized spacial score (nSPS) is 18.1. The largest absolute Gasteiger partial charge is 0.368 e. The van der Waals surface area contributed by atoms with Crippen LogP contribution < -0.4 is 5.32 Å². The molecule has 0 spiro atoms. The van der Waals surface area contributed by atoms with Crippen molar-refractivity contribution in [1.29, 1.82) is 0 Å². The van der Waals surface area contributed by atoms with E-state index in [0.717, 1.165) is 29.7 Å². The first-order chi connectivity index (χ1) is 9.83. The van der Waals surface area contributed by atoms with Gasteiger partial charge in [-0.15, -0.1) is 0 Å². The number of H-pyrrole nitrogens is 1. The van der Waals surface area contributed by atoms with Crippen molar-refractivity contribution in [3.05, 3.63) is 42.1 Å². The standard InChI is InChI=1S/C15H17N3O2/c19-15(14-2-1-9-20-14)16-10-11-3-5-12(6-4-11)13-7-8-17-18-13/h3-8,14H,1-2,9-10H2,(H,16,19)(H,17,18)/t14-/m1/s1. The van der Waals surface area contributed by atoms with Crippen LogP contribution in [0.3, 0.4) is 0 Å².